The summed E-state index contributed by atoms with van der Waals surface area (Å²) in [5.74, 6) is -2.02. The molecule has 90 valence electrons. The van der Waals surface area contributed by atoms with Gasteiger partial charge in [-0.25, -0.2) is 21.9 Å². The van der Waals surface area contributed by atoms with Gasteiger partial charge in [0.05, 0.1) is 12.2 Å². The van der Waals surface area contributed by atoms with E-state index in [2.05, 4.69) is 0 Å². The number of hydrogen-bond donors (Lipinski definition) is 3. The van der Waals surface area contributed by atoms with Crippen LogP contribution in [-0.2, 0) is 14.8 Å². The van der Waals surface area contributed by atoms with Gasteiger partial charge in [0.1, 0.15) is 6.10 Å². The van der Waals surface area contributed by atoms with E-state index in [1.54, 1.807) is 4.72 Å². The van der Waals surface area contributed by atoms with Gasteiger partial charge in [0, 0.05) is 6.54 Å². The van der Waals surface area contributed by atoms with Crippen molar-refractivity contribution in [1.82, 2.24) is 4.72 Å². The molecule has 0 heterocycles. The second-order valence-electron chi connectivity index (χ2n) is 2.71. The predicted octanol–water partition coefficient (Wildman–Crippen LogP) is -0.993. The summed E-state index contributed by atoms with van der Waals surface area (Å²) in [5.41, 5.74) is 0. The minimum atomic E-state index is -3.93. The Kier molecular flexibility index (Phi) is 5.61. The number of sulfonamides is 1. The molecule has 0 fully saturated rings. The summed E-state index contributed by atoms with van der Waals surface area (Å²) < 4.78 is 47.0. The summed E-state index contributed by atoms with van der Waals surface area (Å²) in [7, 11) is -3.93. The molecule has 0 rings (SSSR count). The van der Waals surface area contributed by atoms with E-state index in [1.807, 2.05) is 0 Å². The van der Waals surface area contributed by atoms with Crippen molar-refractivity contribution >= 4 is 16.0 Å². The molecule has 0 saturated heterocycles. The van der Waals surface area contributed by atoms with Gasteiger partial charge >= 0.3 is 5.97 Å². The highest BCUT2D eigenvalue weighted by Crippen LogP contribution is 1.99. The number of carbonyl (C=O) groups is 1. The van der Waals surface area contributed by atoms with Crippen molar-refractivity contribution in [3.63, 3.8) is 0 Å². The number of alkyl halides is 2. The fraction of sp³-hybridized carbons (Fsp3) is 0.833. The topological polar surface area (TPSA) is 104 Å². The first-order valence-electron chi connectivity index (χ1n) is 3.90. The van der Waals surface area contributed by atoms with Crippen LogP contribution >= 0.6 is 0 Å². The van der Waals surface area contributed by atoms with E-state index in [9.17, 15) is 22.0 Å². The molecule has 9 heteroatoms. The maximum absolute atomic E-state index is 11.7. The lowest BCUT2D eigenvalue weighted by Gasteiger charge is -2.10. The Morgan fingerprint density at radius 2 is 1.93 bits per heavy atom. The van der Waals surface area contributed by atoms with Gasteiger partial charge in [-0.15, -0.1) is 0 Å². The molecule has 0 aliphatic heterocycles. The van der Waals surface area contributed by atoms with Crippen LogP contribution in [0.25, 0.3) is 0 Å². The van der Waals surface area contributed by atoms with Crippen molar-refractivity contribution in [3.05, 3.63) is 0 Å². The lowest BCUT2D eigenvalue weighted by Crippen LogP contribution is -2.37. The number of aliphatic carboxylic acids is 1. The zero-order valence-corrected chi connectivity index (χ0v) is 8.38. The van der Waals surface area contributed by atoms with Crippen molar-refractivity contribution in [2.24, 2.45) is 0 Å². The Balaban J connectivity index is 4.00. The largest absolute Gasteiger partial charge is 0.481 e. The van der Waals surface area contributed by atoms with E-state index in [0.717, 1.165) is 0 Å². The van der Waals surface area contributed by atoms with Gasteiger partial charge in [-0.1, -0.05) is 0 Å². The number of aliphatic hydroxyl groups is 1. The number of carboxylic acid groups (broad SMARTS) is 1. The molecule has 0 saturated carbocycles. The summed E-state index contributed by atoms with van der Waals surface area (Å²) in [6.07, 6.45) is -5.77. The van der Waals surface area contributed by atoms with Gasteiger partial charge in [-0.2, -0.15) is 0 Å². The highest BCUT2D eigenvalue weighted by molar-refractivity contribution is 7.89. The van der Waals surface area contributed by atoms with E-state index in [-0.39, 0.29) is 0 Å². The minimum absolute atomic E-state index is 0.625. The van der Waals surface area contributed by atoms with E-state index in [0.29, 0.717) is 0 Å². The van der Waals surface area contributed by atoms with Crippen LogP contribution < -0.4 is 4.72 Å². The Bertz CT molecular complexity index is 305. The first kappa shape index (κ1) is 14.2. The third-order valence-corrected chi connectivity index (χ3v) is 2.74. The van der Waals surface area contributed by atoms with Crippen LogP contribution in [0, 0.1) is 0 Å². The third-order valence-electron chi connectivity index (χ3n) is 1.39. The van der Waals surface area contributed by atoms with Crippen molar-refractivity contribution in [3.8, 4) is 0 Å². The number of rotatable bonds is 7. The van der Waals surface area contributed by atoms with Gasteiger partial charge in [0.2, 0.25) is 10.0 Å². The fourth-order valence-corrected chi connectivity index (χ4v) is 1.61. The van der Waals surface area contributed by atoms with Gasteiger partial charge in [-0.05, 0) is 0 Å². The molecule has 1 atom stereocenters. The molecule has 0 radical (unpaired) electrons. The van der Waals surface area contributed by atoms with Crippen molar-refractivity contribution < 1.29 is 32.2 Å². The minimum Gasteiger partial charge on any atom is -0.481 e. The fourth-order valence-electron chi connectivity index (χ4n) is 0.595. The van der Waals surface area contributed by atoms with Crippen LogP contribution in [0.4, 0.5) is 8.78 Å². The Morgan fingerprint density at radius 3 is 2.33 bits per heavy atom. The molecule has 0 aliphatic carbocycles. The maximum atomic E-state index is 11.7. The molecule has 0 bridgehead atoms. The Morgan fingerprint density at radius 1 is 1.40 bits per heavy atom. The lowest BCUT2D eigenvalue weighted by molar-refractivity contribution is -0.136. The zero-order chi connectivity index (χ0) is 12.1. The molecule has 3 N–H and O–H groups in total. The average molecular weight is 247 g/mol. The molecule has 0 aromatic carbocycles. The van der Waals surface area contributed by atoms with E-state index >= 15 is 0 Å². The maximum Gasteiger partial charge on any atom is 0.304 e. The normalized spacial score (nSPS) is 14.1. The van der Waals surface area contributed by atoms with E-state index in [1.165, 1.54) is 0 Å². The first-order chi connectivity index (χ1) is 6.74. The number of aliphatic hydroxyl groups excluding tert-OH is 1. The van der Waals surface area contributed by atoms with Gasteiger partial charge in [-0.3, -0.25) is 4.79 Å². The highest BCUT2D eigenvalue weighted by Gasteiger charge is 2.20. The average Bonchev–Trinajstić information content (AvgIpc) is 2.11. The Labute approximate surface area is 85.0 Å². The second kappa shape index (κ2) is 5.93. The summed E-state index contributed by atoms with van der Waals surface area (Å²) in [4.78, 5) is 10.0. The molecule has 15 heavy (non-hydrogen) atoms. The molecular formula is C6H11F2NO5S. The lowest BCUT2D eigenvalue weighted by atomic mass is 10.4. The molecule has 0 aromatic heterocycles. The van der Waals surface area contributed by atoms with E-state index < -0.39 is 47.2 Å². The zero-order valence-electron chi connectivity index (χ0n) is 7.56. The number of nitrogens with one attached hydrogen (secondary N) is 1. The van der Waals surface area contributed by atoms with Crippen molar-refractivity contribution in [1.29, 1.82) is 0 Å². The standard InChI is InChI=1S/C6H11F2NO5S/c7-6(8)4(10)3-9-15(13,14)2-1-5(11)12/h4,6,9-10H,1-3H2,(H,11,12). The number of halogens is 2. The molecule has 0 amide bonds. The van der Waals surface area contributed by atoms with Crippen LogP contribution in [0.15, 0.2) is 0 Å². The van der Waals surface area contributed by atoms with Crippen LogP contribution in [0.2, 0.25) is 0 Å². The van der Waals surface area contributed by atoms with Gasteiger partial charge in [0.15, 0.2) is 0 Å². The predicted molar refractivity (Wildman–Crippen MR) is 46.1 cm³/mol. The van der Waals surface area contributed by atoms with Crippen molar-refractivity contribution in [2.75, 3.05) is 12.3 Å². The molecular weight excluding hydrogens is 236 g/mol. The summed E-state index contributed by atoms with van der Waals surface area (Å²) in [6, 6.07) is 0. The Hall–Kier alpha value is -0.800. The summed E-state index contributed by atoms with van der Waals surface area (Å²) >= 11 is 0. The number of hydrogen-bond acceptors (Lipinski definition) is 4. The summed E-state index contributed by atoms with van der Waals surface area (Å²) in [6.45, 7) is -0.834. The smallest absolute Gasteiger partial charge is 0.304 e. The van der Waals surface area contributed by atoms with Crippen LogP contribution in [-0.4, -0.2) is 49.4 Å². The SMILES string of the molecule is O=C(O)CCS(=O)(=O)NCC(O)C(F)F. The van der Waals surface area contributed by atoms with Gasteiger partial charge < -0.3 is 10.2 Å². The molecule has 6 nitrogen and oxygen atoms in total. The quantitative estimate of drug-likeness (QED) is 0.535. The molecule has 0 spiro atoms. The third kappa shape index (κ3) is 7.17. The molecule has 1 unspecified atom stereocenters. The molecule has 0 aliphatic rings. The second-order valence-corrected chi connectivity index (χ2v) is 4.64. The van der Waals surface area contributed by atoms with Gasteiger partial charge in [0.25, 0.3) is 6.43 Å². The summed E-state index contributed by atoms with van der Waals surface area (Å²) in [5, 5.41) is 16.8. The first-order valence-corrected chi connectivity index (χ1v) is 5.55. The van der Waals surface area contributed by atoms with Crippen molar-refractivity contribution in [2.45, 2.75) is 19.0 Å². The van der Waals surface area contributed by atoms with Crippen LogP contribution in [0.1, 0.15) is 6.42 Å². The monoisotopic (exact) mass is 247 g/mol. The number of carboxylic acids is 1. The molecule has 0 aromatic rings. The highest BCUT2D eigenvalue weighted by atomic mass is 32.2. The van der Waals surface area contributed by atoms with E-state index in [4.69, 9.17) is 10.2 Å². The van der Waals surface area contributed by atoms with Crippen LogP contribution in [0.3, 0.4) is 0 Å². The van der Waals surface area contributed by atoms with Crippen LogP contribution in [0.5, 0.6) is 0 Å².